The minimum absolute atomic E-state index is 0.450. The standard InChI is InChI=1S/C21H22ClN3O/c22-18-3-4-19-20(10-18)25(21(24-19)15-5-7-26-8-6-15)13-14-1-2-16-11-23-12-17(16)9-14/h1-4,9-10,15,23H,5-8,11-13H2. The summed E-state index contributed by atoms with van der Waals surface area (Å²) in [5.74, 6) is 1.62. The first kappa shape index (κ1) is 16.3. The molecule has 0 saturated carbocycles. The van der Waals surface area contributed by atoms with E-state index >= 15 is 0 Å². The van der Waals surface area contributed by atoms with E-state index in [0.29, 0.717) is 5.92 Å². The van der Waals surface area contributed by atoms with Gasteiger partial charge in [-0.3, -0.25) is 0 Å². The Morgan fingerprint density at radius 3 is 2.81 bits per heavy atom. The van der Waals surface area contributed by atoms with Crippen molar-refractivity contribution in [2.45, 2.75) is 38.4 Å². The van der Waals surface area contributed by atoms with Crippen molar-refractivity contribution in [1.82, 2.24) is 14.9 Å². The Morgan fingerprint density at radius 1 is 1.08 bits per heavy atom. The van der Waals surface area contributed by atoms with Crippen LogP contribution in [0.15, 0.2) is 36.4 Å². The van der Waals surface area contributed by atoms with Crippen LogP contribution in [0.25, 0.3) is 11.0 Å². The van der Waals surface area contributed by atoms with E-state index in [1.807, 2.05) is 18.2 Å². The van der Waals surface area contributed by atoms with E-state index in [-0.39, 0.29) is 0 Å². The summed E-state index contributed by atoms with van der Waals surface area (Å²) in [6.45, 7) is 4.41. The molecule has 0 radical (unpaired) electrons. The maximum absolute atomic E-state index is 6.30. The summed E-state index contributed by atoms with van der Waals surface area (Å²) in [6, 6.07) is 12.8. The number of aromatic nitrogens is 2. The zero-order chi connectivity index (χ0) is 17.5. The molecular weight excluding hydrogens is 346 g/mol. The number of rotatable bonds is 3. The second kappa shape index (κ2) is 6.69. The molecule has 0 atom stereocenters. The Labute approximate surface area is 158 Å². The van der Waals surface area contributed by atoms with Crippen molar-refractivity contribution in [3.8, 4) is 0 Å². The zero-order valence-electron chi connectivity index (χ0n) is 14.7. The van der Waals surface area contributed by atoms with Crippen LogP contribution in [0.3, 0.4) is 0 Å². The normalized spacial score (nSPS) is 17.7. The molecule has 0 unspecified atom stereocenters. The first-order valence-corrected chi connectivity index (χ1v) is 9.70. The van der Waals surface area contributed by atoms with Gasteiger partial charge in [-0.25, -0.2) is 4.98 Å². The maximum Gasteiger partial charge on any atom is 0.113 e. The van der Waals surface area contributed by atoms with Gasteiger partial charge >= 0.3 is 0 Å². The van der Waals surface area contributed by atoms with Gasteiger partial charge in [0.25, 0.3) is 0 Å². The van der Waals surface area contributed by atoms with Gasteiger partial charge in [-0.2, -0.15) is 0 Å². The lowest BCUT2D eigenvalue weighted by Gasteiger charge is -2.23. The highest BCUT2D eigenvalue weighted by Gasteiger charge is 2.23. The molecule has 5 rings (SSSR count). The average Bonchev–Trinajstić information content (AvgIpc) is 3.27. The van der Waals surface area contributed by atoms with Crippen LogP contribution in [0.4, 0.5) is 0 Å². The second-order valence-electron chi connectivity index (χ2n) is 7.28. The van der Waals surface area contributed by atoms with Crippen molar-refractivity contribution in [3.63, 3.8) is 0 Å². The SMILES string of the molecule is Clc1ccc2nc(C3CCOCC3)n(Cc3ccc4c(c3)CNC4)c2c1. The molecule has 0 amide bonds. The number of imidazole rings is 1. The van der Waals surface area contributed by atoms with Crippen molar-refractivity contribution in [3.05, 3.63) is 63.9 Å². The molecule has 3 aromatic rings. The molecule has 1 fully saturated rings. The van der Waals surface area contributed by atoms with E-state index in [2.05, 4.69) is 28.1 Å². The Bertz CT molecular complexity index is 959. The van der Waals surface area contributed by atoms with Crippen LogP contribution in [0.5, 0.6) is 0 Å². The fourth-order valence-electron chi connectivity index (χ4n) is 4.18. The molecule has 26 heavy (non-hydrogen) atoms. The van der Waals surface area contributed by atoms with Gasteiger partial charge in [-0.05, 0) is 47.7 Å². The van der Waals surface area contributed by atoms with E-state index < -0.39 is 0 Å². The van der Waals surface area contributed by atoms with Gasteiger partial charge in [-0.1, -0.05) is 29.8 Å². The first-order valence-electron chi connectivity index (χ1n) is 9.33. The summed E-state index contributed by atoms with van der Waals surface area (Å²) in [6.07, 6.45) is 2.07. The maximum atomic E-state index is 6.30. The Hall–Kier alpha value is -1.88. The summed E-state index contributed by atoms with van der Waals surface area (Å²) >= 11 is 6.30. The average molecular weight is 368 g/mol. The first-order chi connectivity index (χ1) is 12.8. The molecule has 2 aliphatic heterocycles. The fraction of sp³-hybridized carbons (Fsp3) is 0.381. The summed E-state index contributed by atoms with van der Waals surface area (Å²) < 4.78 is 7.92. The molecule has 2 aromatic carbocycles. The Kier molecular flexibility index (Phi) is 4.20. The van der Waals surface area contributed by atoms with Crippen molar-refractivity contribution >= 4 is 22.6 Å². The highest BCUT2D eigenvalue weighted by molar-refractivity contribution is 6.31. The molecular formula is C21H22ClN3O. The zero-order valence-corrected chi connectivity index (χ0v) is 15.4. The minimum Gasteiger partial charge on any atom is -0.381 e. The molecule has 0 spiro atoms. The number of nitrogens with one attached hydrogen (secondary N) is 1. The van der Waals surface area contributed by atoms with Gasteiger partial charge in [0.1, 0.15) is 5.82 Å². The van der Waals surface area contributed by atoms with E-state index in [9.17, 15) is 0 Å². The van der Waals surface area contributed by atoms with Crippen LogP contribution in [0.1, 0.15) is 41.3 Å². The topological polar surface area (TPSA) is 39.1 Å². The van der Waals surface area contributed by atoms with Crippen LogP contribution in [0, 0.1) is 0 Å². The largest absolute Gasteiger partial charge is 0.381 e. The van der Waals surface area contributed by atoms with Gasteiger partial charge in [-0.15, -0.1) is 0 Å². The third-order valence-corrected chi connectivity index (χ3v) is 5.80. The van der Waals surface area contributed by atoms with Crippen LogP contribution < -0.4 is 5.32 Å². The molecule has 134 valence electrons. The van der Waals surface area contributed by atoms with E-state index in [1.54, 1.807) is 0 Å². The van der Waals surface area contributed by atoms with Crippen LogP contribution in [-0.2, 0) is 24.4 Å². The molecule has 0 bridgehead atoms. The molecule has 1 saturated heterocycles. The lowest BCUT2D eigenvalue weighted by Crippen LogP contribution is -2.18. The summed E-state index contributed by atoms with van der Waals surface area (Å²) in [5, 5.41) is 4.18. The highest BCUT2D eigenvalue weighted by Crippen LogP contribution is 2.31. The molecule has 1 N–H and O–H groups in total. The van der Waals surface area contributed by atoms with Crippen LogP contribution in [-0.4, -0.2) is 22.8 Å². The predicted octanol–water partition coefficient (Wildman–Crippen LogP) is 4.24. The molecule has 0 aliphatic carbocycles. The fourth-order valence-corrected chi connectivity index (χ4v) is 4.34. The van der Waals surface area contributed by atoms with Gasteiger partial charge in [0.05, 0.1) is 11.0 Å². The molecule has 4 nitrogen and oxygen atoms in total. The van der Waals surface area contributed by atoms with Crippen LogP contribution in [0.2, 0.25) is 5.02 Å². The number of ether oxygens (including phenoxy) is 1. The van der Waals surface area contributed by atoms with Crippen molar-refractivity contribution in [2.24, 2.45) is 0 Å². The van der Waals surface area contributed by atoms with E-state index in [0.717, 1.165) is 61.7 Å². The minimum atomic E-state index is 0.450. The number of hydrogen-bond acceptors (Lipinski definition) is 3. The smallest absolute Gasteiger partial charge is 0.113 e. The summed E-state index contributed by atoms with van der Waals surface area (Å²) in [5.41, 5.74) is 6.30. The molecule has 3 heterocycles. The van der Waals surface area contributed by atoms with E-state index in [4.69, 9.17) is 21.3 Å². The summed E-state index contributed by atoms with van der Waals surface area (Å²) in [7, 11) is 0. The van der Waals surface area contributed by atoms with E-state index in [1.165, 1.54) is 22.5 Å². The van der Waals surface area contributed by atoms with Crippen molar-refractivity contribution in [2.75, 3.05) is 13.2 Å². The predicted molar refractivity (Wildman–Crippen MR) is 104 cm³/mol. The quantitative estimate of drug-likeness (QED) is 0.752. The number of fused-ring (bicyclic) bond motifs is 2. The Morgan fingerprint density at radius 2 is 1.92 bits per heavy atom. The molecule has 1 aromatic heterocycles. The van der Waals surface area contributed by atoms with Gasteiger partial charge in [0.2, 0.25) is 0 Å². The highest BCUT2D eigenvalue weighted by atomic mass is 35.5. The summed E-state index contributed by atoms with van der Waals surface area (Å²) in [4.78, 5) is 4.98. The third-order valence-electron chi connectivity index (χ3n) is 5.57. The van der Waals surface area contributed by atoms with Gasteiger partial charge in [0.15, 0.2) is 0 Å². The number of nitrogens with zero attached hydrogens (tertiary/aromatic N) is 2. The van der Waals surface area contributed by atoms with Gasteiger partial charge < -0.3 is 14.6 Å². The second-order valence-corrected chi connectivity index (χ2v) is 7.72. The van der Waals surface area contributed by atoms with Crippen LogP contribution >= 0.6 is 11.6 Å². The lowest BCUT2D eigenvalue weighted by atomic mass is 9.99. The van der Waals surface area contributed by atoms with Crippen molar-refractivity contribution in [1.29, 1.82) is 0 Å². The number of hydrogen-bond donors (Lipinski definition) is 1. The molecule has 5 heteroatoms. The number of halogens is 1. The number of benzene rings is 2. The Balaban J connectivity index is 1.58. The monoisotopic (exact) mass is 367 g/mol. The van der Waals surface area contributed by atoms with Gasteiger partial charge in [0, 0.05) is 43.8 Å². The molecule has 2 aliphatic rings. The lowest BCUT2D eigenvalue weighted by molar-refractivity contribution is 0.0830. The van der Waals surface area contributed by atoms with Crippen molar-refractivity contribution < 1.29 is 4.74 Å². The third kappa shape index (κ3) is 2.92.